The molecule has 1 aromatic heterocycles. The molecule has 3 aromatic rings. The molecular weight excluding hydrogens is 487 g/mol. The van der Waals surface area contributed by atoms with Gasteiger partial charge in [0.05, 0.1) is 34.0 Å². The fraction of sp³-hybridized carbons (Fsp3) is 0.320. The third-order valence-electron chi connectivity index (χ3n) is 6.40. The molecule has 2 heterocycles. The second-order valence-electron chi connectivity index (χ2n) is 8.80. The molecule has 1 saturated heterocycles. The number of carbonyl (C=O) groups excluding carboxylic acids is 2. The third-order valence-corrected chi connectivity index (χ3v) is 8.67. The van der Waals surface area contributed by atoms with Crippen molar-refractivity contribution >= 4 is 43.9 Å². The van der Waals surface area contributed by atoms with E-state index in [1.165, 1.54) is 38.4 Å². The minimum Gasteiger partial charge on any atom is -0.494 e. The topological polar surface area (TPSA) is 132 Å². The molecule has 0 unspecified atom stereocenters. The number of likely N-dealkylation sites (tertiary alicyclic amines) is 1. The highest BCUT2D eigenvalue weighted by atomic mass is 32.2. The second kappa shape index (κ2) is 9.73. The molecule has 11 heteroatoms. The van der Waals surface area contributed by atoms with Gasteiger partial charge in [0.2, 0.25) is 5.91 Å². The minimum atomic E-state index is -3.81. The van der Waals surface area contributed by atoms with Crippen LogP contribution in [0, 0.1) is 12.7 Å². The van der Waals surface area contributed by atoms with Gasteiger partial charge in [0.15, 0.2) is 21.4 Å². The summed E-state index contributed by atoms with van der Waals surface area (Å²) < 4.78 is 46.4. The molecule has 2 amide bonds. The highest BCUT2D eigenvalue weighted by Gasteiger charge is 2.34. The van der Waals surface area contributed by atoms with Crippen LogP contribution in [0.15, 0.2) is 41.4 Å². The van der Waals surface area contributed by atoms with Crippen molar-refractivity contribution in [3.8, 4) is 5.75 Å². The molecule has 0 atom stereocenters. The van der Waals surface area contributed by atoms with Crippen molar-refractivity contribution in [3.05, 3.63) is 53.5 Å². The zero-order chi connectivity index (χ0) is 26.2. The van der Waals surface area contributed by atoms with Crippen LogP contribution >= 0.6 is 0 Å². The number of ether oxygens (including phenoxy) is 1. The van der Waals surface area contributed by atoms with Gasteiger partial charge in [-0.3, -0.25) is 14.6 Å². The van der Waals surface area contributed by atoms with Gasteiger partial charge in [0.25, 0.3) is 5.91 Å². The number of methoxy groups -OCH3 is 1. The smallest absolute Gasteiger partial charge is 0.252 e. The number of fused-ring (bicyclic) bond motifs is 1. The maximum Gasteiger partial charge on any atom is 0.252 e. The molecule has 2 aromatic carbocycles. The lowest BCUT2D eigenvalue weighted by atomic mass is 10.1. The van der Waals surface area contributed by atoms with Crippen molar-refractivity contribution in [2.45, 2.75) is 36.8 Å². The summed E-state index contributed by atoms with van der Waals surface area (Å²) in [6, 6.07) is 7.38. The average molecular weight is 515 g/mol. The first kappa shape index (κ1) is 25.4. The number of carbonyl (C=O) groups is 2. The fourth-order valence-electron chi connectivity index (χ4n) is 4.49. The number of amides is 2. The van der Waals surface area contributed by atoms with Crippen molar-refractivity contribution in [1.29, 1.82) is 0 Å². The van der Waals surface area contributed by atoms with E-state index >= 15 is 0 Å². The van der Waals surface area contributed by atoms with E-state index in [9.17, 15) is 22.4 Å². The average Bonchev–Trinajstić information content (AvgIpc) is 2.84. The van der Waals surface area contributed by atoms with Crippen molar-refractivity contribution in [1.82, 2.24) is 9.88 Å². The first-order chi connectivity index (χ1) is 17.0. The Kier molecular flexibility index (Phi) is 6.85. The van der Waals surface area contributed by atoms with Gasteiger partial charge in [-0.15, -0.1) is 0 Å². The molecule has 0 saturated carbocycles. The summed E-state index contributed by atoms with van der Waals surface area (Å²) in [7, 11) is -2.48. The monoisotopic (exact) mass is 514 g/mol. The number of piperidine rings is 1. The number of anilines is 2. The van der Waals surface area contributed by atoms with Gasteiger partial charge < -0.3 is 20.7 Å². The Balaban J connectivity index is 1.85. The molecule has 4 rings (SSSR count). The molecule has 0 spiro atoms. The SMILES string of the molecule is COc1cc(Nc2c(C(N)=O)cnc3c(S(=O)(=O)C4CCN(C(C)=O)CC4)cc(C)cc23)ccc1F. The van der Waals surface area contributed by atoms with Crippen molar-refractivity contribution in [2.75, 3.05) is 25.5 Å². The van der Waals surface area contributed by atoms with Crippen LogP contribution in [0.5, 0.6) is 5.75 Å². The fourth-order valence-corrected chi connectivity index (χ4v) is 6.46. The van der Waals surface area contributed by atoms with Gasteiger partial charge in [-0.1, -0.05) is 0 Å². The summed E-state index contributed by atoms with van der Waals surface area (Å²) in [6.45, 7) is 3.94. The molecule has 190 valence electrons. The number of nitrogens with two attached hydrogens (primary N) is 1. The number of pyridine rings is 1. The maximum absolute atomic E-state index is 13.9. The van der Waals surface area contributed by atoms with E-state index < -0.39 is 26.8 Å². The van der Waals surface area contributed by atoms with Crippen molar-refractivity contribution < 1.29 is 27.1 Å². The van der Waals surface area contributed by atoms with Crippen LogP contribution in [0.3, 0.4) is 0 Å². The largest absolute Gasteiger partial charge is 0.494 e. The minimum absolute atomic E-state index is 0.00432. The van der Waals surface area contributed by atoms with E-state index in [2.05, 4.69) is 10.3 Å². The number of hydrogen-bond acceptors (Lipinski definition) is 7. The molecule has 1 aliphatic rings. The maximum atomic E-state index is 13.9. The normalized spacial score (nSPS) is 14.6. The number of nitrogens with one attached hydrogen (secondary N) is 1. The summed E-state index contributed by atoms with van der Waals surface area (Å²) in [4.78, 5) is 29.9. The standard InChI is InChI=1S/C25H27FN4O5S/c1-14-10-18-23(29-16-4-5-20(26)21(12-16)35-3)19(25(27)32)13-28-24(18)22(11-14)36(33,34)17-6-8-30(9-7-17)15(2)31/h4-5,10-13,17H,6-9H2,1-3H3,(H2,27,32)(H,28,29). The van der Waals surface area contributed by atoms with Gasteiger partial charge >= 0.3 is 0 Å². The first-order valence-corrected chi connectivity index (χ1v) is 12.9. The number of sulfone groups is 1. The van der Waals surface area contributed by atoms with Gasteiger partial charge in [-0.05, 0) is 49.6 Å². The summed E-state index contributed by atoms with van der Waals surface area (Å²) in [5.74, 6) is -1.41. The number of primary amides is 1. The lowest BCUT2D eigenvalue weighted by Crippen LogP contribution is -2.41. The Morgan fingerprint density at radius 2 is 1.89 bits per heavy atom. The van der Waals surface area contributed by atoms with Crippen LogP contribution in [0.4, 0.5) is 15.8 Å². The molecule has 9 nitrogen and oxygen atoms in total. The number of aromatic nitrogens is 1. The van der Waals surface area contributed by atoms with E-state index in [0.29, 0.717) is 42.6 Å². The zero-order valence-electron chi connectivity index (χ0n) is 20.2. The Bertz CT molecular complexity index is 1470. The van der Waals surface area contributed by atoms with E-state index in [-0.39, 0.29) is 33.3 Å². The predicted octanol–water partition coefficient (Wildman–Crippen LogP) is 3.32. The van der Waals surface area contributed by atoms with Gasteiger partial charge in [0.1, 0.15) is 0 Å². The number of nitrogens with zero attached hydrogens (tertiary/aromatic N) is 2. The number of halogens is 1. The summed E-state index contributed by atoms with van der Waals surface area (Å²) >= 11 is 0. The third kappa shape index (κ3) is 4.70. The number of benzene rings is 2. The van der Waals surface area contributed by atoms with Crippen LogP contribution in [-0.4, -0.2) is 55.6 Å². The molecule has 0 bridgehead atoms. The van der Waals surface area contributed by atoms with E-state index in [4.69, 9.17) is 10.5 Å². The van der Waals surface area contributed by atoms with Crippen LogP contribution < -0.4 is 15.8 Å². The van der Waals surface area contributed by atoms with Crippen molar-refractivity contribution in [2.24, 2.45) is 5.73 Å². The number of hydrogen-bond donors (Lipinski definition) is 2. The van der Waals surface area contributed by atoms with E-state index in [1.54, 1.807) is 24.0 Å². The molecule has 36 heavy (non-hydrogen) atoms. The van der Waals surface area contributed by atoms with Crippen molar-refractivity contribution in [3.63, 3.8) is 0 Å². The Labute approximate surface area is 208 Å². The molecule has 3 N–H and O–H groups in total. The summed E-state index contributed by atoms with van der Waals surface area (Å²) in [5, 5.41) is 2.79. The molecule has 0 aliphatic carbocycles. The number of aryl methyl sites for hydroxylation is 1. The lowest BCUT2D eigenvalue weighted by molar-refractivity contribution is -0.129. The van der Waals surface area contributed by atoms with Gasteiger partial charge in [0, 0.05) is 43.4 Å². The van der Waals surface area contributed by atoms with Crippen LogP contribution in [0.25, 0.3) is 10.9 Å². The second-order valence-corrected chi connectivity index (χ2v) is 11.0. The molecule has 1 fully saturated rings. The quantitative estimate of drug-likeness (QED) is 0.516. The Morgan fingerprint density at radius 3 is 2.50 bits per heavy atom. The van der Waals surface area contributed by atoms with Crippen LogP contribution in [0.2, 0.25) is 0 Å². The predicted molar refractivity (Wildman–Crippen MR) is 134 cm³/mol. The summed E-state index contributed by atoms with van der Waals surface area (Å²) in [6.07, 6.45) is 1.87. The van der Waals surface area contributed by atoms with Gasteiger partial charge in [-0.25, -0.2) is 12.8 Å². The van der Waals surface area contributed by atoms with Gasteiger partial charge in [-0.2, -0.15) is 0 Å². The van der Waals surface area contributed by atoms with Crippen LogP contribution in [-0.2, 0) is 14.6 Å². The Morgan fingerprint density at radius 1 is 1.19 bits per heavy atom. The van der Waals surface area contributed by atoms with Crippen LogP contribution in [0.1, 0.15) is 35.7 Å². The highest BCUT2D eigenvalue weighted by Crippen LogP contribution is 2.36. The molecule has 1 aliphatic heterocycles. The van der Waals surface area contributed by atoms with E-state index in [1.807, 2.05) is 0 Å². The summed E-state index contributed by atoms with van der Waals surface area (Å²) in [5.41, 5.74) is 7.15. The highest BCUT2D eigenvalue weighted by molar-refractivity contribution is 7.92. The Hall–Kier alpha value is -3.73. The number of rotatable bonds is 6. The molecule has 0 radical (unpaired) electrons. The van der Waals surface area contributed by atoms with E-state index in [0.717, 1.165) is 0 Å². The first-order valence-electron chi connectivity index (χ1n) is 11.4. The lowest BCUT2D eigenvalue weighted by Gasteiger charge is -2.31. The molecular formula is C25H27FN4O5S. The zero-order valence-corrected chi connectivity index (χ0v) is 21.0.